The lowest BCUT2D eigenvalue weighted by atomic mass is 10.1. The maximum absolute atomic E-state index is 5.11. The van der Waals surface area contributed by atoms with Crippen molar-refractivity contribution in [3.63, 3.8) is 0 Å². The van der Waals surface area contributed by atoms with E-state index in [4.69, 9.17) is 6.58 Å². The molecule has 0 fully saturated rings. The molecule has 0 saturated carbocycles. The van der Waals surface area contributed by atoms with E-state index >= 15 is 0 Å². The Morgan fingerprint density at radius 1 is 0.933 bits per heavy atom. The van der Waals surface area contributed by atoms with Gasteiger partial charge in [-0.1, -0.05) is 57.6 Å². The lowest BCUT2D eigenvalue weighted by molar-refractivity contribution is 0.592. The summed E-state index contributed by atoms with van der Waals surface area (Å²) in [6, 6.07) is 0. The minimum Gasteiger partial charge on any atom is -0.124 e. The van der Waals surface area contributed by atoms with Crippen LogP contribution in [0.1, 0.15) is 64.7 Å². The second-order valence-corrected chi connectivity index (χ2v) is 3.99. The molecule has 0 saturated heterocycles. The molecule has 0 N–H and O–H groups in total. The third-order valence-electron chi connectivity index (χ3n) is 2.51. The second kappa shape index (κ2) is 13.3. The highest BCUT2D eigenvalue weighted by Gasteiger charge is 1.88. The van der Waals surface area contributed by atoms with Crippen molar-refractivity contribution in [2.24, 2.45) is 0 Å². The van der Waals surface area contributed by atoms with Gasteiger partial charge in [-0.15, -0.1) is 5.73 Å². The molecule has 0 spiro atoms. The van der Waals surface area contributed by atoms with Crippen LogP contribution in [0.2, 0.25) is 0 Å². The molecule has 0 heterocycles. The smallest absolute Gasteiger partial charge is 0.00929 e. The Labute approximate surface area is 95.8 Å². The Balaban J connectivity index is 3.04. The van der Waals surface area contributed by atoms with Crippen molar-refractivity contribution in [1.82, 2.24) is 0 Å². The summed E-state index contributed by atoms with van der Waals surface area (Å²) in [5.74, 6) is 0. The fraction of sp³-hybridized carbons (Fsp3) is 0.667. The summed E-state index contributed by atoms with van der Waals surface area (Å²) < 4.78 is 0. The van der Waals surface area contributed by atoms with E-state index in [1.54, 1.807) is 0 Å². The van der Waals surface area contributed by atoms with Gasteiger partial charge in [0.25, 0.3) is 0 Å². The molecule has 0 aromatic rings. The predicted octanol–water partition coefficient (Wildman–Crippen LogP) is 5.22. The third kappa shape index (κ3) is 13.3. The van der Waals surface area contributed by atoms with Gasteiger partial charge in [0.15, 0.2) is 0 Å². The zero-order valence-corrected chi connectivity index (χ0v) is 10.2. The highest BCUT2D eigenvalue weighted by Crippen LogP contribution is 2.08. The molecule has 0 aliphatic heterocycles. The molecular formula is C15H25. The van der Waals surface area contributed by atoms with Gasteiger partial charge >= 0.3 is 0 Å². The fourth-order valence-electron chi connectivity index (χ4n) is 1.57. The Kier molecular flexibility index (Phi) is 12.6. The van der Waals surface area contributed by atoms with Crippen LogP contribution in [0.4, 0.5) is 0 Å². The summed E-state index contributed by atoms with van der Waals surface area (Å²) in [5.41, 5.74) is 2.52. The van der Waals surface area contributed by atoms with Crippen LogP contribution in [0.5, 0.6) is 0 Å². The minimum atomic E-state index is 0.924. The molecule has 0 bridgehead atoms. The minimum absolute atomic E-state index is 0.924. The van der Waals surface area contributed by atoms with Gasteiger partial charge in [-0.3, -0.25) is 0 Å². The molecule has 0 aromatic carbocycles. The van der Waals surface area contributed by atoms with Crippen LogP contribution >= 0.6 is 0 Å². The number of rotatable bonds is 10. The van der Waals surface area contributed by atoms with Gasteiger partial charge in [-0.2, -0.15) is 0 Å². The first-order valence-corrected chi connectivity index (χ1v) is 6.34. The van der Waals surface area contributed by atoms with Gasteiger partial charge in [-0.25, -0.2) is 0 Å². The van der Waals surface area contributed by atoms with E-state index in [1.807, 2.05) is 6.08 Å². The molecule has 0 atom stereocenters. The Bertz CT molecular complexity index is 182. The summed E-state index contributed by atoms with van der Waals surface area (Å²) in [7, 11) is 0. The van der Waals surface area contributed by atoms with Gasteiger partial charge in [0.1, 0.15) is 0 Å². The Hall–Kier alpha value is -0.740. The SMILES string of the molecule is [CH]=C=CCC=CCCCCCCCCC. The molecule has 0 aliphatic rings. The number of hydrogen-bond acceptors (Lipinski definition) is 0. The maximum Gasteiger partial charge on any atom is -0.00929 e. The number of allylic oxidation sites excluding steroid dienone is 3. The highest BCUT2D eigenvalue weighted by atomic mass is 13.9. The van der Waals surface area contributed by atoms with Gasteiger partial charge in [0.05, 0.1) is 0 Å². The summed E-state index contributed by atoms with van der Waals surface area (Å²) in [5, 5.41) is 0. The highest BCUT2D eigenvalue weighted by molar-refractivity contribution is 4.89. The first-order chi connectivity index (χ1) is 7.41. The number of unbranched alkanes of at least 4 members (excludes halogenated alkanes) is 7. The van der Waals surface area contributed by atoms with Crippen LogP contribution in [-0.4, -0.2) is 0 Å². The monoisotopic (exact) mass is 205 g/mol. The zero-order chi connectivity index (χ0) is 11.2. The Morgan fingerprint density at radius 2 is 1.60 bits per heavy atom. The molecule has 0 unspecified atom stereocenters. The van der Waals surface area contributed by atoms with Crippen LogP contribution in [0.3, 0.4) is 0 Å². The van der Waals surface area contributed by atoms with Crippen molar-refractivity contribution in [3.8, 4) is 0 Å². The maximum atomic E-state index is 5.11. The molecule has 0 aliphatic carbocycles. The normalized spacial score (nSPS) is 10.5. The lowest BCUT2D eigenvalue weighted by Crippen LogP contribution is -1.78. The lowest BCUT2D eigenvalue weighted by Gasteiger charge is -1.98. The van der Waals surface area contributed by atoms with Gasteiger partial charge in [-0.05, 0) is 31.9 Å². The van der Waals surface area contributed by atoms with E-state index in [-0.39, 0.29) is 0 Å². The van der Waals surface area contributed by atoms with Crippen molar-refractivity contribution < 1.29 is 0 Å². The topological polar surface area (TPSA) is 0 Å². The van der Waals surface area contributed by atoms with Gasteiger partial charge in [0.2, 0.25) is 0 Å². The summed E-state index contributed by atoms with van der Waals surface area (Å²) in [6.07, 6.45) is 18.1. The first kappa shape index (κ1) is 14.3. The van der Waals surface area contributed by atoms with Gasteiger partial charge in [0, 0.05) is 0 Å². The molecule has 0 amide bonds. The molecule has 0 heteroatoms. The Morgan fingerprint density at radius 3 is 2.27 bits per heavy atom. The van der Waals surface area contributed by atoms with E-state index in [1.165, 1.54) is 51.4 Å². The summed E-state index contributed by atoms with van der Waals surface area (Å²) in [4.78, 5) is 0. The third-order valence-corrected chi connectivity index (χ3v) is 2.51. The summed E-state index contributed by atoms with van der Waals surface area (Å²) >= 11 is 0. The van der Waals surface area contributed by atoms with Crippen LogP contribution < -0.4 is 0 Å². The largest absolute Gasteiger partial charge is 0.124 e. The van der Waals surface area contributed by atoms with E-state index in [9.17, 15) is 0 Å². The van der Waals surface area contributed by atoms with E-state index in [2.05, 4.69) is 24.8 Å². The first-order valence-electron chi connectivity index (χ1n) is 6.34. The second-order valence-electron chi connectivity index (χ2n) is 3.99. The van der Waals surface area contributed by atoms with E-state index in [0.717, 1.165) is 6.42 Å². The average molecular weight is 205 g/mol. The molecule has 85 valence electrons. The molecule has 1 radical (unpaired) electrons. The van der Waals surface area contributed by atoms with Crippen LogP contribution in [0, 0.1) is 6.58 Å². The predicted molar refractivity (Wildman–Crippen MR) is 68.8 cm³/mol. The van der Waals surface area contributed by atoms with Crippen molar-refractivity contribution in [1.29, 1.82) is 0 Å². The molecule has 0 aromatic heterocycles. The van der Waals surface area contributed by atoms with Crippen molar-refractivity contribution in [3.05, 3.63) is 30.5 Å². The van der Waals surface area contributed by atoms with Crippen molar-refractivity contribution in [2.75, 3.05) is 0 Å². The van der Waals surface area contributed by atoms with Crippen molar-refractivity contribution >= 4 is 0 Å². The standard InChI is InChI=1S/C15H25/c1-3-5-7-9-11-13-15-14-12-10-8-6-4-2/h1,5,9,11H,4,6-8,10,12-15H2,2H3. The fourth-order valence-corrected chi connectivity index (χ4v) is 1.57. The zero-order valence-electron chi connectivity index (χ0n) is 10.2. The quantitative estimate of drug-likeness (QED) is 0.261. The molecule has 0 nitrogen and oxygen atoms in total. The van der Waals surface area contributed by atoms with Crippen molar-refractivity contribution in [2.45, 2.75) is 64.7 Å². The van der Waals surface area contributed by atoms with E-state index in [0.29, 0.717) is 0 Å². The molecule has 15 heavy (non-hydrogen) atoms. The van der Waals surface area contributed by atoms with Gasteiger partial charge < -0.3 is 0 Å². The van der Waals surface area contributed by atoms with Crippen LogP contribution in [0.25, 0.3) is 0 Å². The molecular weight excluding hydrogens is 180 g/mol. The van der Waals surface area contributed by atoms with Crippen LogP contribution in [0.15, 0.2) is 24.0 Å². The van der Waals surface area contributed by atoms with E-state index < -0.39 is 0 Å². The summed E-state index contributed by atoms with van der Waals surface area (Å²) in [6.45, 7) is 7.37. The average Bonchev–Trinajstić information content (AvgIpc) is 2.26. The molecule has 0 rings (SSSR count). The van der Waals surface area contributed by atoms with Crippen LogP contribution in [-0.2, 0) is 0 Å². The number of hydrogen-bond donors (Lipinski definition) is 0.